The highest BCUT2D eigenvalue weighted by Crippen LogP contribution is 2.21. The molecule has 1 aliphatic heterocycles. The summed E-state index contributed by atoms with van der Waals surface area (Å²) in [5.41, 5.74) is 8.71. The largest absolute Gasteiger partial charge is 0.382 e. The number of hydrogen-bond acceptors (Lipinski definition) is 5. The van der Waals surface area contributed by atoms with Crippen LogP contribution in [0.3, 0.4) is 0 Å². The van der Waals surface area contributed by atoms with Gasteiger partial charge >= 0.3 is 0 Å². The van der Waals surface area contributed by atoms with Crippen molar-refractivity contribution in [3.8, 4) is 0 Å². The molecule has 6 heteroatoms. The van der Waals surface area contributed by atoms with Crippen LogP contribution in [0, 0.1) is 0 Å². The molecule has 1 aromatic carbocycles. The van der Waals surface area contributed by atoms with Crippen LogP contribution in [-0.2, 0) is 13.0 Å². The molecule has 0 aliphatic carbocycles. The third-order valence-corrected chi connectivity index (χ3v) is 4.59. The second-order valence-electron chi connectivity index (χ2n) is 6.05. The zero-order chi connectivity index (χ0) is 16.9. The van der Waals surface area contributed by atoms with Crippen molar-refractivity contribution in [1.82, 2.24) is 20.2 Å². The van der Waals surface area contributed by atoms with Crippen molar-refractivity contribution in [3.63, 3.8) is 0 Å². The van der Waals surface area contributed by atoms with Crippen LogP contribution in [0.4, 0.5) is 5.82 Å². The van der Waals surface area contributed by atoms with E-state index < -0.39 is 0 Å². The summed E-state index contributed by atoms with van der Waals surface area (Å²) in [6.07, 6.45) is 4.98. The number of benzene rings is 1. The average Bonchev–Trinajstić information content (AvgIpc) is 2.62. The standard InChI is InChI=1S/C18H23N5O/c1-2-15(11-22-18(24)16-17(19)21-9-8-20-16)23-10-7-13-5-3-4-6-14(13)12-23/h3-6,8-9,15H,2,7,10-12H2,1H3,(H2,19,21)(H,22,24)/t15-/m0/s1. The Morgan fingerprint density at radius 2 is 2.04 bits per heavy atom. The molecule has 0 spiro atoms. The quantitative estimate of drug-likeness (QED) is 0.873. The van der Waals surface area contributed by atoms with Gasteiger partial charge in [-0.2, -0.15) is 0 Å². The molecule has 6 nitrogen and oxygen atoms in total. The van der Waals surface area contributed by atoms with Crippen molar-refractivity contribution in [1.29, 1.82) is 0 Å². The Hall–Kier alpha value is -2.47. The van der Waals surface area contributed by atoms with Crippen LogP contribution in [0.1, 0.15) is 35.0 Å². The molecule has 3 rings (SSSR count). The third-order valence-electron chi connectivity index (χ3n) is 4.59. The number of nitrogens with two attached hydrogens (primary N) is 1. The number of aromatic nitrogens is 2. The molecule has 0 unspecified atom stereocenters. The fourth-order valence-electron chi connectivity index (χ4n) is 3.18. The number of nitrogens with zero attached hydrogens (tertiary/aromatic N) is 3. The monoisotopic (exact) mass is 325 g/mol. The number of carbonyl (C=O) groups excluding carboxylic acids is 1. The van der Waals surface area contributed by atoms with Gasteiger partial charge in [0.2, 0.25) is 0 Å². The van der Waals surface area contributed by atoms with Crippen LogP contribution in [0.2, 0.25) is 0 Å². The fraction of sp³-hybridized carbons (Fsp3) is 0.389. The van der Waals surface area contributed by atoms with E-state index in [4.69, 9.17) is 5.73 Å². The predicted molar refractivity (Wildman–Crippen MR) is 93.4 cm³/mol. The van der Waals surface area contributed by atoms with Gasteiger partial charge in [-0.25, -0.2) is 9.97 Å². The number of anilines is 1. The van der Waals surface area contributed by atoms with Crippen molar-refractivity contribution in [2.75, 3.05) is 18.8 Å². The van der Waals surface area contributed by atoms with E-state index in [0.717, 1.165) is 25.9 Å². The lowest BCUT2D eigenvalue weighted by Gasteiger charge is -2.35. The number of nitrogen functional groups attached to an aromatic ring is 1. The minimum atomic E-state index is -0.267. The van der Waals surface area contributed by atoms with Crippen LogP contribution in [-0.4, -0.2) is 39.9 Å². The summed E-state index contributed by atoms with van der Waals surface area (Å²) in [6, 6.07) is 8.86. The normalized spacial score (nSPS) is 15.5. The van der Waals surface area contributed by atoms with Crippen LogP contribution in [0.15, 0.2) is 36.7 Å². The van der Waals surface area contributed by atoms with E-state index in [2.05, 4.69) is 51.4 Å². The van der Waals surface area contributed by atoms with Crippen LogP contribution >= 0.6 is 0 Å². The number of rotatable bonds is 5. The number of amides is 1. The molecule has 1 aromatic heterocycles. The molecular weight excluding hydrogens is 302 g/mol. The van der Waals surface area contributed by atoms with E-state index in [1.54, 1.807) is 0 Å². The van der Waals surface area contributed by atoms with Crippen molar-refractivity contribution >= 4 is 11.7 Å². The minimum Gasteiger partial charge on any atom is -0.382 e. The molecule has 1 amide bonds. The predicted octanol–water partition coefficient (Wildman–Crippen LogP) is 1.63. The maximum absolute atomic E-state index is 12.3. The Balaban J connectivity index is 1.62. The summed E-state index contributed by atoms with van der Waals surface area (Å²) >= 11 is 0. The molecule has 0 saturated heterocycles. The second-order valence-corrected chi connectivity index (χ2v) is 6.05. The highest BCUT2D eigenvalue weighted by molar-refractivity contribution is 5.96. The molecule has 3 N–H and O–H groups in total. The molecule has 0 saturated carbocycles. The minimum absolute atomic E-state index is 0.162. The van der Waals surface area contributed by atoms with Gasteiger partial charge in [0.15, 0.2) is 11.5 Å². The molecule has 1 aliphatic rings. The van der Waals surface area contributed by atoms with E-state index in [0.29, 0.717) is 12.6 Å². The highest BCUT2D eigenvalue weighted by atomic mass is 16.1. The van der Waals surface area contributed by atoms with E-state index >= 15 is 0 Å². The third kappa shape index (κ3) is 3.54. The lowest BCUT2D eigenvalue weighted by Crippen LogP contribution is -2.45. The van der Waals surface area contributed by atoms with Gasteiger partial charge in [-0.1, -0.05) is 31.2 Å². The van der Waals surface area contributed by atoms with Gasteiger partial charge in [-0.15, -0.1) is 0 Å². The summed E-state index contributed by atoms with van der Waals surface area (Å²) in [6.45, 7) is 4.66. The van der Waals surface area contributed by atoms with Crippen molar-refractivity contribution in [2.24, 2.45) is 0 Å². The molecule has 2 aromatic rings. The number of carbonyl (C=O) groups is 1. The molecule has 126 valence electrons. The molecule has 24 heavy (non-hydrogen) atoms. The van der Waals surface area contributed by atoms with Gasteiger partial charge in [0.1, 0.15) is 0 Å². The zero-order valence-electron chi connectivity index (χ0n) is 13.9. The Morgan fingerprint density at radius 1 is 1.29 bits per heavy atom. The summed E-state index contributed by atoms with van der Waals surface area (Å²) in [5.74, 6) is -0.105. The van der Waals surface area contributed by atoms with Gasteiger partial charge in [-0.05, 0) is 24.0 Å². The maximum atomic E-state index is 12.3. The number of hydrogen-bond donors (Lipinski definition) is 2. The first-order valence-electron chi connectivity index (χ1n) is 8.34. The van der Waals surface area contributed by atoms with Crippen LogP contribution in [0.25, 0.3) is 0 Å². The Morgan fingerprint density at radius 3 is 2.79 bits per heavy atom. The summed E-state index contributed by atoms with van der Waals surface area (Å²) in [7, 11) is 0. The van der Waals surface area contributed by atoms with Gasteiger partial charge in [0, 0.05) is 38.1 Å². The van der Waals surface area contributed by atoms with Crippen LogP contribution < -0.4 is 11.1 Å². The first kappa shape index (κ1) is 16.4. The van der Waals surface area contributed by atoms with Gasteiger partial charge in [0.25, 0.3) is 5.91 Å². The fourth-order valence-corrected chi connectivity index (χ4v) is 3.18. The molecule has 0 fully saturated rings. The molecule has 2 heterocycles. The summed E-state index contributed by atoms with van der Waals surface area (Å²) in [4.78, 5) is 22.6. The first-order valence-corrected chi connectivity index (χ1v) is 8.34. The average molecular weight is 325 g/mol. The topological polar surface area (TPSA) is 84.1 Å². The van der Waals surface area contributed by atoms with E-state index in [1.807, 2.05) is 0 Å². The van der Waals surface area contributed by atoms with Crippen molar-refractivity contribution in [2.45, 2.75) is 32.4 Å². The SMILES string of the molecule is CC[C@@H](CNC(=O)c1nccnc1N)N1CCc2ccccc2C1. The van der Waals surface area contributed by atoms with Crippen molar-refractivity contribution < 1.29 is 4.79 Å². The number of fused-ring (bicyclic) bond motifs is 1. The number of nitrogens with one attached hydrogen (secondary N) is 1. The molecule has 1 atom stereocenters. The van der Waals surface area contributed by atoms with E-state index in [1.165, 1.54) is 23.5 Å². The Bertz CT molecular complexity index is 718. The lowest BCUT2D eigenvalue weighted by atomic mass is 9.98. The Kier molecular flexibility index (Phi) is 5.05. The Labute approximate surface area is 142 Å². The summed E-state index contributed by atoms with van der Waals surface area (Å²) in [5, 5.41) is 2.95. The van der Waals surface area contributed by atoms with Gasteiger partial charge in [-0.3, -0.25) is 9.69 Å². The first-order chi connectivity index (χ1) is 11.7. The highest BCUT2D eigenvalue weighted by Gasteiger charge is 2.23. The van der Waals surface area contributed by atoms with E-state index in [9.17, 15) is 4.79 Å². The van der Waals surface area contributed by atoms with E-state index in [-0.39, 0.29) is 17.4 Å². The van der Waals surface area contributed by atoms with Gasteiger partial charge < -0.3 is 11.1 Å². The molecule has 0 radical (unpaired) electrons. The smallest absolute Gasteiger partial charge is 0.273 e. The molecular formula is C18H23N5O. The van der Waals surface area contributed by atoms with Crippen LogP contribution in [0.5, 0.6) is 0 Å². The lowest BCUT2D eigenvalue weighted by molar-refractivity contribution is 0.0922. The summed E-state index contributed by atoms with van der Waals surface area (Å²) < 4.78 is 0. The van der Waals surface area contributed by atoms with Gasteiger partial charge in [0.05, 0.1) is 0 Å². The second kappa shape index (κ2) is 7.40. The zero-order valence-corrected chi connectivity index (χ0v) is 13.9. The maximum Gasteiger partial charge on any atom is 0.273 e. The molecule has 0 bridgehead atoms. The van der Waals surface area contributed by atoms with Crippen molar-refractivity contribution in [3.05, 3.63) is 53.5 Å².